The van der Waals surface area contributed by atoms with Gasteiger partial charge in [-0.15, -0.1) is 0 Å². The SMILES string of the molecule is N#Cc1ccc(-c2cccc(-c3cccc4c(-c5nc(-c6ccccc6)nc(-c6ccccc6)n5)cccc34)c2)cc1. The van der Waals surface area contributed by atoms with Crippen molar-refractivity contribution in [3.63, 3.8) is 0 Å². The van der Waals surface area contributed by atoms with Gasteiger partial charge in [0.05, 0.1) is 11.6 Å². The van der Waals surface area contributed by atoms with E-state index in [1.807, 2.05) is 84.9 Å². The molecule has 0 N–H and O–H groups in total. The minimum absolute atomic E-state index is 0.636. The van der Waals surface area contributed by atoms with Gasteiger partial charge in [-0.05, 0) is 51.2 Å². The lowest BCUT2D eigenvalue weighted by atomic mass is 9.93. The van der Waals surface area contributed by atoms with E-state index in [4.69, 9.17) is 15.0 Å². The summed E-state index contributed by atoms with van der Waals surface area (Å²) in [5, 5.41) is 11.4. The van der Waals surface area contributed by atoms with Gasteiger partial charge in [0.15, 0.2) is 17.5 Å². The Morgan fingerprint density at radius 3 is 1.50 bits per heavy atom. The van der Waals surface area contributed by atoms with Crippen LogP contribution >= 0.6 is 0 Å². The molecule has 196 valence electrons. The molecule has 0 spiro atoms. The van der Waals surface area contributed by atoms with E-state index < -0.39 is 0 Å². The van der Waals surface area contributed by atoms with E-state index in [1.54, 1.807) is 0 Å². The lowest BCUT2D eigenvalue weighted by Crippen LogP contribution is -2.00. The Bertz CT molecular complexity index is 2020. The first kappa shape index (κ1) is 25.1. The molecule has 42 heavy (non-hydrogen) atoms. The van der Waals surface area contributed by atoms with Gasteiger partial charge in [-0.2, -0.15) is 5.26 Å². The molecule has 0 atom stereocenters. The Balaban J connectivity index is 1.38. The molecule has 0 aliphatic carbocycles. The fraction of sp³-hybridized carbons (Fsp3) is 0. The van der Waals surface area contributed by atoms with Crippen molar-refractivity contribution in [3.05, 3.63) is 151 Å². The number of nitrogens with zero attached hydrogens (tertiary/aromatic N) is 4. The van der Waals surface area contributed by atoms with Gasteiger partial charge in [-0.1, -0.05) is 127 Å². The molecule has 4 heteroatoms. The second-order valence-electron chi connectivity index (χ2n) is 10.0. The summed E-state index contributed by atoms with van der Waals surface area (Å²) in [5.74, 6) is 1.92. The lowest BCUT2D eigenvalue weighted by Gasteiger charge is -2.13. The summed E-state index contributed by atoms with van der Waals surface area (Å²) in [6.45, 7) is 0. The van der Waals surface area contributed by atoms with E-state index >= 15 is 0 Å². The predicted octanol–water partition coefficient (Wildman–Crippen LogP) is 9.23. The van der Waals surface area contributed by atoms with Crippen molar-refractivity contribution >= 4 is 10.8 Å². The van der Waals surface area contributed by atoms with Crippen LogP contribution < -0.4 is 0 Å². The maximum absolute atomic E-state index is 9.18. The zero-order valence-electron chi connectivity index (χ0n) is 22.6. The van der Waals surface area contributed by atoms with Crippen LogP contribution in [0.25, 0.3) is 67.2 Å². The molecule has 0 saturated carbocycles. The first-order valence-corrected chi connectivity index (χ1v) is 13.8. The molecule has 0 saturated heterocycles. The Labute approximate surface area is 244 Å². The van der Waals surface area contributed by atoms with Gasteiger partial charge in [0.25, 0.3) is 0 Å². The first-order chi connectivity index (χ1) is 20.8. The highest BCUT2D eigenvalue weighted by Gasteiger charge is 2.15. The van der Waals surface area contributed by atoms with Crippen LogP contribution in [0.4, 0.5) is 0 Å². The molecule has 7 rings (SSSR count). The average Bonchev–Trinajstić information content (AvgIpc) is 3.08. The Morgan fingerprint density at radius 2 is 0.881 bits per heavy atom. The topological polar surface area (TPSA) is 62.5 Å². The Morgan fingerprint density at radius 1 is 0.381 bits per heavy atom. The van der Waals surface area contributed by atoms with E-state index in [1.165, 1.54) is 0 Å². The second kappa shape index (κ2) is 10.9. The quantitative estimate of drug-likeness (QED) is 0.220. The zero-order valence-corrected chi connectivity index (χ0v) is 22.6. The summed E-state index contributed by atoms with van der Waals surface area (Å²) >= 11 is 0. The Hall–Kier alpha value is -5.92. The van der Waals surface area contributed by atoms with Crippen LogP contribution in [0.1, 0.15) is 5.56 Å². The molecule has 0 bridgehead atoms. The van der Waals surface area contributed by atoms with Gasteiger partial charge >= 0.3 is 0 Å². The molecule has 7 aromatic rings. The van der Waals surface area contributed by atoms with Crippen molar-refractivity contribution in [2.45, 2.75) is 0 Å². The smallest absolute Gasteiger partial charge is 0.164 e. The summed E-state index contributed by atoms with van der Waals surface area (Å²) < 4.78 is 0. The highest BCUT2D eigenvalue weighted by atomic mass is 15.0. The molecule has 0 aliphatic rings. The number of aromatic nitrogens is 3. The number of hydrogen-bond donors (Lipinski definition) is 0. The highest BCUT2D eigenvalue weighted by Crippen LogP contribution is 2.36. The van der Waals surface area contributed by atoms with Crippen molar-refractivity contribution in [2.75, 3.05) is 0 Å². The molecule has 1 aromatic heterocycles. The maximum Gasteiger partial charge on any atom is 0.164 e. The minimum atomic E-state index is 0.636. The highest BCUT2D eigenvalue weighted by molar-refractivity contribution is 6.04. The van der Waals surface area contributed by atoms with E-state index in [0.29, 0.717) is 23.0 Å². The van der Waals surface area contributed by atoms with Crippen molar-refractivity contribution in [2.24, 2.45) is 0 Å². The largest absolute Gasteiger partial charge is 0.208 e. The van der Waals surface area contributed by atoms with Gasteiger partial charge in [-0.3, -0.25) is 0 Å². The van der Waals surface area contributed by atoms with Crippen LogP contribution in [-0.4, -0.2) is 15.0 Å². The molecule has 0 aliphatic heterocycles. The fourth-order valence-corrected chi connectivity index (χ4v) is 5.29. The number of fused-ring (bicyclic) bond motifs is 1. The molecular formula is C38H24N4. The van der Waals surface area contributed by atoms with Gasteiger partial charge in [0.1, 0.15) is 0 Å². The van der Waals surface area contributed by atoms with E-state index in [-0.39, 0.29) is 0 Å². The van der Waals surface area contributed by atoms with Crippen LogP contribution in [0.2, 0.25) is 0 Å². The maximum atomic E-state index is 9.18. The van der Waals surface area contributed by atoms with Gasteiger partial charge in [0.2, 0.25) is 0 Å². The van der Waals surface area contributed by atoms with Crippen molar-refractivity contribution < 1.29 is 0 Å². The molecule has 0 unspecified atom stereocenters. The number of nitriles is 1. The summed E-state index contributed by atoms with van der Waals surface area (Å²) in [6.07, 6.45) is 0. The lowest BCUT2D eigenvalue weighted by molar-refractivity contribution is 1.08. The van der Waals surface area contributed by atoms with Crippen molar-refractivity contribution in [3.8, 4) is 62.5 Å². The molecule has 6 aromatic carbocycles. The molecule has 0 amide bonds. The third-order valence-corrected chi connectivity index (χ3v) is 7.38. The molecule has 0 fully saturated rings. The summed E-state index contributed by atoms with van der Waals surface area (Å²) in [5.41, 5.74) is 7.91. The molecular weight excluding hydrogens is 512 g/mol. The van der Waals surface area contributed by atoms with Crippen LogP contribution in [0, 0.1) is 11.3 Å². The normalized spacial score (nSPS) is 10.8. The van der Waals surface area contributed by atoms with Crippen LogP contribution in [0.15, 0.2) is 146 Å². The van der Waals surface area contributed by atoms with E-state index in [2.05, 4.69) is 66.7 Å². The summed E-state index contributed by atoms with van der Waals surface area (Å²) in [4.78, 5) is 14.8. The zero-order chi connectivity index (χ0) is 28.3. The standard InChI is InChI=1S/C38H24N4/c39-25-26-20-22-27(23-21-26)30-14-7-15-31(24-30)32-16-8-18-34-33(32)17-9-19-35(34)38-41-36(28-10-3-1-4-11-28)40-37(42-38)29-12-5-2-6-13-29/h1-24H. The van der Waals surface area contributed by atoms with E-state index in [0.717, 1.165) is 49.7 Å². The number of benzene rings is 6. The summed E-state index contributed by atoms with van der Waals surface area (Å²) in [7, 11) is 0. The molecule has 0 radical (unpaired) electrons. The van der Waals surface area contributed by atoms with Crippen LogP contribution in [-0.2, 0) is 0 Å². The van der Waals surface area contributed by atoms with Crippen molar-refractivity contribution in [1.29, 1.82) is 5.26 Å². The first-order valence-electron chi connectivity index (χ1n) is 13.8. The minimum Gasteiger partial charge on any atom is -0.208 e. The molecule has 1 heterocycles. The van der Waals surface area contributed by atoms with Crippen LogP contribution in [0.3, 0.4) is 0 Å². The van der Waals surface area contributed by atoms with Gasteiger partial charge in [-0.25, -0.2) is 15.0 Å². The van der Waals surface area contributed by atoms with Gasteiger partial charge < -0.3 is 0 Å². The van der Waals surface area contributed by atoms with Crippen molar-refractivity contribution in [1.82, 2.24) is 15.0 Å². The third kappa shape index (κ3) is 4.81. The average molecular weight is 537 g/mol. The van der Waals surface area contributed by atoms with E-state index in [9.17, 15) is 5.26 Å². The van der Waals surface area contributed by atoms with Crippen LogP contribution in [0.5, 0.6) is 0 Å². The number of hydrogen-bond acceptors (Lipinski definition) is 4. The predicted molar refractivity (Wildman–Crippen MR) is 169 cm³/mol. The number of rotatable bonds is 5. The fourth-order valence-electron chi connectivity index (χ4n) is 5.29. The second-order valence-corrected chi connectivity index (χ2v) is 10.0. The molecule has 4 nitrogen and oxygen atoms in total. The summed E-state index contributed by atoms with van der Waals surface area (Å²) in [6, 6.07) is 51.2. The third-order valence-electron chi connectivity index (χ3n) is 7.38. The van der Waals surface area contributed by atoms with Gasteiger partial charge in [0, 0.05) is 16.7 Å². The monoisotopic (exact) mass is 536 g/mol. The Kier molecular flexibility index (Phi) is 6.52.